The second-order valence-electron chi connectivity index (χ2n) is 4.81. The second kappa shape index (κ2) is 4.62. The lowest BCUT2D eigenvalue weighted by Gasteiger charge is -2.52. The summed E-state index contributed by atoms with van der Waals surface area (Å²) >= 11 is 0. The van der Waals surface area contributed by atoms with Crippen LogP contribution in [0.5, 0.6) is 0 Å². The van der Waals surface area contributed by atoms with Gasteiger partial charge in [-0.1, -0.05) is 0 Å². The summed E-state index contributed by atoms with van der Waals surface area (Å²) in [5.41, 5.74) is 6.38. The number of nitrogens with two attached hydrogens (primary N) is 1. The first-order chi connectivity index (χ1) is 8.77. The molecule has 1 aromatic rings. The van der Waals surface area contributed by atoms with E-state index < -0.39 is 0 Å². The van der Waals surface area contributed by atoms with E-state index in [9.17, 15) is 4.79 Å². The molecule has 4 atom stereocenters. The lowest BCUT2D eigenvalue weighted by molar-refractivity contribution is -0.117. The smallest absolute Gasteiger partial charge is 0.271 e. The Labute approximate surface area is 105 Å². The molecule has 0 bridgehead atoms. The molecule has 6 heteroatoms. The first-order valence-corrected chi connectivity index (χ1v) is 6.21. The van der Waals surface area contributed by atoms with Crippen molar-refractivity contribution in [1.29, 1.82) is 0 Å². The van der Waals surface area contributed by atoms with E-state index in [1.54, 1.807) is 0 Å². The molecule has 6 nitrogen and oxygen atoms in total. The molecule has 18 heavy (non-hydrogen) atoms. The van der Waals surface area contributed by atoms with Gasteiger partial charge in [0.2, 0.25) is 0 Å². The van der Waals surface area contributed by atoms with Gasteiger partial charge in [-0.3, -0.25) is 9.78 Å². The zero-order chi connectivity index (χ0) is 12.5. The zero-order valence-electron chi connectivity index (χ0n) is 9.95. The van der Waals surface area contributed by atoms with Gasteiger partial charge in [-0.15, -0.1) is 0 Å². The molecule has 0 radical (unpaired) electrons. The van der Waals surface area contributed by atoms with Crippen molar-refractivity contribution in [1.82, 2.24) is 15.3 Å². The van der Waals surface area contributed by atoms with Gasteiger partial charge in [0.25, 0.3) is 5.91 Å². The van der Waals surface area contributed by atoms with Crippen molar-refractivity contribution >= 4 is 5.91 Å². The third kappa shape index (κ3) is 1.87. The van der Waals surface area contributed by atoms with E-state index in [2.05, 4.69) is 15.3 Å². The van der Waals surface area contributed by atoms with Crippen LogP contribution in [0.15, 0.2) is 18.6 Å². The summed E-state index contributed by atoms with van der Waals surface area (Å²) in [6, 6.07) is -0.124. The molecule has 1 aliphatic heterocycles. The Morgan fingerprint density at radius 1 is 1.50 bits per heavy atom. The van der Waals surface area contributed by atoms with Gasteiger partial charge in [-0.05, 0) is 12.8 Å². The maximum atomic E-state index is 11.9. The highest BCUT2D eigenvalue weighted by Crippen LogP contribution is 2.36. The fraction of sp³-hybridized carbons (Fsp3) is 0.583. The van der Waals surface area contributed by atoms with E-state index in [0.717, 1.165) is 19.4 Å². The van der Waals surface area contributed by atoms with E-state index in [0.29, 0.717) is 11.6 Å². The quantitative estimate of drug-likeness (QED) is 0.750. The Hall–Kier alpha value is -1.53. The normalized spacial score (nSPS) is 34.3. The Bertz CT molecular complexity index is 439. The summed E-state index contributed by atoms with van der Waals surface area (Å²) in [5, 5.41) is 2.89. The summed E-state index contributed by atoms with van der Waals surface area (Å²) < 4.78 is 5.67. The van der Waals surface area contributed by atoms with E-state index in [4.69, 9.17) is 10.5 Å². The number of nitrogens with zero attached hydrogens (tertiary/aromatic N) is 2. The number of hydrogen-bond acceptors (Lipinski definition) is 5. The second-order valence-corrected chi connectivity index (χ2v) is 4.81. The highest BCUT2D eigenvalue weighted by atomic mass is 16.5. The molecular formula is C12H16N4O2. The minimum atomic E-state index is -0.240. The molecular weight excluding hydrogens is 232 g/mol. The molecule has 1 saturated carbocycles. The van der Waals surface area contributed by atoms with Crippen molar-refractivity contribution in [3.05, 3.63) is 24.3 Å². The van der Waals surface area contributed by atoms with E-state index in [1.807, 2.05) is 0 Å². The van der Waals surface area contributed by atoms with E-state index >= 15 is 0 Å². The monoisotopic (exact) mass is 248 g/mol. The number of hydrogen-bond donors (Lipinski definition) is 2. The number of nitrogens with one attached hydrogen (secondary N) is 1. The Balaban J connectivity index is 1.65. The minimum Gasteiger partial charge on any atom is -0.376 e. The average molecular weight is 248 g/mol. The highest BCUT2D eigenvalue weighted by molar-refractivity contribution is 5.92. The molecule has 2 aliphatic rings. The van der Waals surface area contributed by atoms with Gasteiger partial charge in [0.15, 0.2) is 0 Å². The molecule has 1 amide bonds. The number of aromatic nitrogens is 2. The molecule has 3 rings (SSSR count). The van der Waals surface area contributed by atoms with Crippen LogP contribution in [0, 0.1) is 5.92 Å². The van der Waals surface area contributed by atoms with Crippen molar-refractivity contribution in [2.24, 2.45) is 11.7 Å². The number of rotatable bonds is 2. The van der Waals surface area contributed by atoms with Crippen LogP contribution in [0.2, 0.25) is 0 Å². The van der Waals surface area contributed by atoms with Crippen LogP contribution in [0.25, 0.3) is 0 Å². The van der Waals surface area contributed by atoms with Crippen molar-refractivity contribution in [2.75, 3.05) is 6.61 Å². The van der Waals surface area contributed by atoms with Gasteiger partial charge in [-0.2, -0.15) is 0 Å². The standard InChI is InChI=1S/C12H16N4O2/c13-9-7-2-1-5-18-11(7)10(9)16-12(17)8-6-14-3-4-15-8/h3-4,6-7,9-11H,1-2,5,13H2,(H,16,17). The van der Waals surface area contributed by atoms with Gasteiger partial charge in [0.1, 0.15) is 5.69 Å². The summed E-state index contributed by atoms with van der Waals surface area (Å²) in [7, 11) is 0. The van der Waals surface area contributed by atoms with Gasteiger partial charge in [0, 0.05) is 31.0 Å². The maximum absolute atomic E-state index is 11.9. The topological polar surface area (TPSA) is 90.1 Å². The molecule has 3 N–H and O–H groups in total. The van der Waals surface area contributed by atoms with Crippen LogP contribution in [0.1, 0.15) is 23.3 Å². The molecule has 2 fully saturated rings. The van der Waals surface area contributed by atoms with Crippen LogP contribution in [0.4, 0.5) is 0 Å². The Morgan fingerprint density at radius 3 is 3.17 bits per heavy atom. The van der Waals surface area contributed by atoms with Crippen LogP contribution in [-0.2, 0) is 4.74 Å². The predicted molar refractivity (Wildman–Crippen MR) is 63.7 cm³/mol. The highest BCUT2D eigenvalue weighted by Gasteiger charge is 2.51. The van der Waals surface area contributed by atoms with Gasteiger partial charge in [-0.25, -0.2) is 4.98 Å². The van der Waals surface area contributed by atoms with Crippen molar-refractivity contribution in [3.63, 3.8) is 0 Å². The number of fused-ring (bicyclic) bond motifs is 1. The van der Waals surface area contributed by atoms with Crippen molar-refractivity contribution in [2.45, 2.75) is 31.0 Å². The predicted octanol–water partition coefficient (Wildman–Crippen LogP) is -0.289. The first kappa shape index (κ1) is 11.6. The fourth-order valence-corrected chi connectivity index (χ4v) is 2.77. The average Bonchev–Trinajstić information content (AvgIpc) is 2.45. The van der Waals surface area contributed by atoms with Crippen molar-refractivity contribution in [3.8, 4) is 0 Å². The minimum absolute atomic E-state index is 0.0177. The van der Waals surface area contributed by atoms with Crippen LogP contribution >= 0.6 is 0 Å². The van der Waals surface area contributed by atoms with E-state index in [1.165, 1.54) is 18.6 Å². The van der Waals surface area contributed by atoms with Crippen LogP contribution in [0.3, 0.4) is 0 Å². The Morgan fingerprint density at radius 2 is 2.39 bits per heavy atom. The third-order valence-corrected chi connectivity index (χ3v) is 3.77. The molecule has 0 aromatic carbocycles. The summed E-state index contributed by atoms with van der Waals surface area (Å²) in [6.07, 6.45) is 6.68. The van der Waals surface area contributed by atoms with Crippen LogP contribution < -0.4 is 11.1 Å². The third-order valence-electron chi connectivity index (χ3n) is 3.77. The molecule has 1 saturated heterocycles. The number of carbonyl (C=O) groups excluding carboxylic acids is 1. The van der Waals surface area contributed by atoms with E-state index in [-0.39, 0.29) is 24.1 Å². The van der Waals surface area contributed by atoms with Gasteiger partial charge >= 0.3 is 0 Å². The number of carbonyl (C=O) groups is 1. The van der Waals surface area contributed by atoms with Gasteiger partial charge in [0.05, 0.1) is 18.3 Å². The maximum Gasteiger partial charge on any atom is 0.271 e. The molecule has 1 aromatic heterocycles. The largest absolute Gasteiger partial charge is 0.376 e. The molecule has 96 valence electrons. The Kier molecular flexibility index (Phi) is 2.97. The molecule has 1 aliphatic carbocycles. The van der Waals surface area contributed by atoms with Crippen molar-refractivity contribution < 1.29 is 9.53 Å². The summed E-state index contributed by atoms with van der Waals surface area (Å²) in [5.74, 6) is 0.141. The summed E-state index contributed by atoms with van der Waals surface area (Å²) in [4.78, 5) is 19.8. The van der Waals surface area contributed by atoms with Gasteiger partial charge < -0.3 is 15.8 Å². The molecule has 2 heterocycles. The molecule has 0 spiro atoms. The number of amides is 1. The molecule has 4 unspecified atom stereocenters. The summed E-state index contributed by atoms with van der Waals surface area (Å²) in [6.45, 7) is 0.755. The lowest BCUT2D eigenvalue weighted by Crippen LogP contribution is -2.72. The fourth-order valence-electron chi connectivity index (χ4n) is 2.77. The zero-order valence-corrected chi connectivity index (χ0v) is 9.95. The number of ether oxygens (including phenoxy) is 1. The van der Waals surface area contributed by atoms with Crippen LogP contribution in [-0.4, -0.2) is 40.7 Å². The first-order valence-electron chi connectivity index (χ1n) is 6.21. The SMILES string of the molecule is NC1C2CCCOC2C1NC(=O)c1cnccn1. The lowest BCUT2D eigenvalue weighted by atomic mass is 9.68.